The first-order valence-electron chi connectivity index (χ1n) is 9.08. The number of hydrogen-bond acceptors (Lipinski definition) is 3. The van der Waals surface area contributed by atoms with Crippen LogP contribution in [0.5, 0.6) is 0 Å². The lowest BCUT2D eigenvalue weighted by molar-refractivity contribution is -0.364. The first-order valence-corrected chi connectivity index (χ1v) is 10.9. The Labute approximate surface area is 159 Å². The highest BCUT2D eigenvalue weighted by atomic mass is 35.5. The molecule has 0 spiro atoms. The number of nitrogens with zero attached hydrogens (tertiary/aromatic N) is 1. The zero-order valence-corrected chi connectivity index (χ0v) is 16.1. The van der Waals surface area contributed by atoms with Gasteiger partial charge in [-0.15, -0.1) is 0 Å². The van der Waals surface area contributed by atoms with E-state index in [2.05, 4.69) is 10.3 Å². The molecule has 0 radical (unpaired) electrons. The Balaban J connectivity index is 1.52. The van der Waals surface area contributed by atoms with Gasteiger partial charge in [-0.3, -0.25) is 5.32 Å². The van der Waals surface area contributed by atoms with Gasteiger partial charge in [0.05, 0.1) is 0 Å². The number of aromatic amines is 1. The van der Waals surface area contributed by atoms with Crippen molar-refractivity contribution in [2.75, 3.05) is 18.4 Å². The van der Waals surface area contributed by atoms with Crippen LogP contribution in [0.3, 0.4) is 0 Å². The van der Waals surface area contributed by atoms with Crippen molar-refractivity contribution in [1.82, 2.24) is 4.31 Å². The molecule has 1 aromatic carbocycles. The number of anilines is 1. The SMILES string of the molecule is O=S(=O)(c1ccc(N[C@@H](c2ccc(Cl)cc2)C2CC2)[nH+]c1)N1CCCC1. The van der Waals surface area contributed by atoms with E-state index >= 15 is 0 Å². The molecule has 1 aromatic heterocycles. The molecule has 7 heteroatoms. The van der Waals surface area contributed by atoms with Crippen molar-refractivity contribution < 1.29 is 13.4 Å². The van der Waals surface area contributed by atoms with Gasteiger partial charge < -0.3 is 0 Å². The van der Waals surface area contributed by atoms with E-state index in [9.17, 15) is 8.42 Å². The topological polar surface area (TPSA) is 63.6 Å². The Morgan fingerprint density at radius 1 is 1.08 bits per heavy atom. The van der Waals surface area contributed by atoms with E-state index in [1.807, 2.05) is 30.3 Å². The number of pyridine rings is 1. The van der Waals surface area contributed by atoms with Gasteiger partial charge in [0.2, 0.25) is 10.0 Å². The van der Waals surface area contributed by atoms with Crippen molar-refractivity contribution in [3.8, 4) is 0 Å². The number of sulfonamides is 1. The van der Waals surface area contributed by atoms with E-state index in [-0.39, 0.29) is 6.04 Å². The quantitative estimate of drug-likeness (QED) is 0.818. The van der Waals surface area contributed by atoms with Crippen molar-refractivity contribution in [2.45, 2.75) is 36.6 Å². The average Bonchev–Trinajstić information content (AvgIpc) is 3.33. The minimum atomic E-state index is -3.39. The molecule has 2 N–H and O–H groups in total. The van der Waals surface area contributed by atoms with Crippen molar-refractivity contribution in [3.05, 3.63) is 53.2 Å². The maximum Gasteiger partial charge on any atom is 0.272 e. The van der Waals surface area contributed by atoms with Gasteiger partial charge in [0.1, 0.15) is 17.1 Å². The third kappa shape index (κ3) is 3.72. The van der Waals surface area contributed by atoms with Gasteiger partial charge in [0, 0.05) is 30.1 Å². The third-order valence-corrected chi connectivity index (χ3v) is 7.27. The first kappa shape index (κ1) is 17.8. The highest BCUT2D eigenvalue weighted by Gasteiger charge is 2.36. The lowest BCUT2D eigenvalue weighted by Crippen LogP contribution is -2.29. The van der Waals surface area contributed by atoms with Gasteiger partial charge in [-0.05, 0) is 49.4 Å². The molecule has 26 heavy (non-hydrogen) atoms. The Bertz CT molecular complexity index is 859. The third-order valence-electron chi connectivity index (χ3n) is 5.12. The van der Waals surface area contributed by atoms with Crippen LogP contribution in [0.2, 0.25) is 5.02 Å². The summed E-state index contributed by atoms with van der Waals surface area (Å²) in [7, 11) is -3.39. The molecule has 2 fully saturated rings. The molecule has 0 bridgehead atoms. The summed E-state index contributed by atoms with van der Waals surface area (Å²) in [6.07, 6.45) is 5.85. The van der Waals surface area contributed by atoms with E-state index in [0.717, 1.165) is 23.7 Å². The summed E-state index contributed by atoms with van der Waals surface area (Å²) in [6.45, 7) is 1.23. The van der Waals surface area contributed by atoms with Crippen LogP contribution < -0.4 is 10.3 Å². The first-order chi connectivity index (χ1) is 12.5. The maximum absolute atomic E-state index is 12.6. The standard InChI is InChI=1S/C19H22ClN3O2S/c20-16-7-5-15(6-8-16)19(14-3-4-14)22-18-10-9-17(13-21-18)26(24,25)23-11-1-2-12-23/h5-10,13-14,19H,1-4,11-12H2,(H,21,22)/p+1/t19-/m1/s1. The zero-order valence-electron chi connectivity index (χ0n) is 14.5. The number of hydrogen-bond donors (Lipinski definition) is 1. The molecule has 1 aliphatic heterocycles. The molecular weight excluding hydrogens is 370 g/mol. The van der Waals surface area contributed by atoms with Crippen molar-refractivity contribution in [3.63, 3.8) is 0 Å². The van der Waals surface area contributed by atoms with Gasteiger partial charge >= 0.3 is 0 Å². The molecule has 0 unspecified atom stereocenters. The van der Waals surface area contributed by atoms with Gasteiger partial charge in [-0.1, -0.05) is 23.7 Å². The van der Waals surface area contributed by atoms with Crippen LogP contribution in [-0.4, -0.2) is 25.8 Å². The fraction of sp³-hybridized carbons (Fsp3) is 0.421. The van der Waals surface area contributed by atoms with Crippen LogP contribution in [-0.2, 0) is 10.0 Å². The predicted octanol–water partition coefficient (Wildman–Crippen LogP) is 3.50. The molecule has 1 aliphatic carbocycles. The lowest BCUT2D eigenvalue weighted by atomic mass is 10.0. The van der Waals surface area contributed by atoms with E-state index in [4.69, 9.17) is 11.6 Å². The molecule has 2 aliphatic rings. The summed E-state index contributed by atoms with van der Waals surface area (Å²) in [5.41, 5.74) is 1.19. The summed E-state index contributed by atoms with van der Waals surface area (Å²) in [5.74, 6) is 1.41. The van der Waals surface area contributed by atoms with Gasteiger partial charge in [-0.25, -0.2) is 13.4 Å². The predicted molar refractivity (Wildman–Crippen MR) is 102 cm³/mol. The largest absolute Gasteiger partial charge is 0.272 e. The highest BCUT2D eigenvalue weighted by Crippen LogP contribution is 2.42. The van der Waals surface area contributed by atoms with Crippen LogP contribution in [0.15, 0.2) is 47.5 Å². The van der Waals surface area contributed by atoms with Crippen LogP contribution in [0.25, 0.3) is 0 Å². The molecule has 0 amide bonds. The van der Waals surface area contributed by atoms with Crippen LogP contribution in [0, 0.1) is 5.92 Å². The van der Waals surface area contributed by atoms with Crippen molar-refractivity contribution in [1.29, 1.82) is 0 Å². The highest BCUT2D eigenvalue weighted by molar-refractivity contribution is 7.89. The average molecular weight is 393 g/mol. The smallest absolute Gasteiger partial charge is 0.267 e. The second-order valence-electron chi connectivity index (χ2n) is 7.06. The summed E-state index contributed by atoms with van der Waals surface area (Å²) in [5, 5.41) is 4.25. The number of aromatic nitrogens is 1. The molecule has 2 aromatic rings. The van der Waals surface area contributed by atoms with Crippen molar-refractivity contribution >= 4 is 27.4 Å². The molecule has 1 saturated carbocycles. The fourth-order valence-corrected chi connectivity index (χ4v) is 5.09. The second-order valence-corrected chi connectivity index (χ2v) is 9.43. The summed E-state index contributed by atoms with van der Waals surface area (Å²) < 4.78 is 26.8. The van der Waals surface area contributed by atoms with Crippen LogP contribution in [0.1, 0.15) is 37.3 Å². The fourth-order valence-electron chi connectivity index (χ4n) is 3.48. The lowest BCUT2D eigenvalue weighted by Gasteiger charge is -2.16. The van der Waals surface area contributed by atoms with Gasteiger partial charge in [-0.2, -0.15) is 4.31 Å². The number of H-pyrrole nitrogens is 1. The normalized spacial score (nSPS) is 19.4. The Morgan fingerprint density at radius 3 is 2.35 bits per heavy atom. The Morgan fingerprint density at radius 2 is 1.77 bits per heavy atom. The van der Waals surface area contributed by atoms with Crippen LogP contribution in [0.4, 0.5) is 5.82 Å². The maximum atomic E-state index is 12.6. The molecular formula is C19H23ClN3O2S+. The van der Waals surface area contributed by atoms with Crippen LogP contribution >= 0.6 is 11.6 Å². The van der Waals surface area contributed by atoms with E-state index in [0.29, 0.717) is 23.9 Å². The molecule has 1 saturated heterocycles. The summed E-state index contributed by atoms with van der Waals surface area (Å²) >= 11 is 6.00. The number of nitrogens with one attached hydrogen (secondary N) is 2. The Hall–Kier alpha value is -1.63. The van der Waals surface area contributed by atoms with E-state index in [1.165, 1.54) is 18.4 Å². The monoisotopic (exact) mass is 392 g/mol. The number of halogens is 1. The van der Waals surface area contributed by atoms with Crippen molar-refractivity contribution in [2.24, 2.45) is 5.92 Å². The number of rotatable bonds is 6. The molecule has 4 rings (SSSR count). The van der Waals surface area contributed by atoms with E-state index < -0.39 is 10.0 Å². The minimum Gasteiger partial charge on any atom is -0.267 e. The van der Waals surface area contributed by atoms with E-state index in [1.54, 1.807) is 16.6 Å². The second kappa shape index (κ2) is 7.18. The molecule has 2 heterocycles. The summed E-state index contributed by atoms with van der Waals surface area (Å²) in [4.78, 5) is 3.44. The zero-order chi connectivity index (χ0) is 18.1. The van der Waals surface area contributed by atoms with Gasteiger partial charge in [0.15, 0.2) is 0 Å². The molecule has 1 atom stereocenters. The Kier molecular flexibility index (Phi) is 4.90. The molecule has 138 valence electrons. The molecule has 5 nitrogen and oxygen atoms in total. The summed E-state index contributed by atoms with van der Waals surface area (Å²) in [6, 6.07) is 11.6. The number of benzene rings is 1. The minimum absolute atomic E-state index is 0.199. The van der Waals surface area contributed by atoms with Gasteiger partial charge in [0.25, 0.3) is 5.82 Å².